The van der Waals surface area contributed by atoms with Crippen molar-refractivity contribution in [2.24, 2.45) is 0 Å². The predicted molar refractivity (Wildman–Crippen MR) is 77.8 cm³/mol. The zero-order chi connectivity index (χ0) is 15.2. The Morgan fingerprint density at radius 3 is 2.76 bits per heavy atom. The van der Waals surface area contributed by atoms with E-state index in [-0.39, 0.29) is 23.9 Å². The quantitative estimate of drug-likeness (QED) is 0.879. The van der Waals surface area contributed by atoms with E-state index in [1.807, 2.05) is 0 Å². The van der Waals surface area contributed by atoms with Crippen molar-refractivity contribution in [3.05, 3.63) is 42.1 Å². The average molecular weight is 288 g/mol. The van der Waals surface area contributed by atoms with Gasteiger partial charge in [0.1, 0.15) is 11.5 Å². The number of carbonyl (C=O) groups is 1. The van der Waals surface area contributed by atoms with Crippen LogP contribution in [0, 0.1) is 0 Å². The fraction of sp³-hybridized carbons (Fsp3) is 0.200. The van der Waals surface area contributed by atoms with Crippen molar-refractivity contribution in [3.8, 4) is 17.2 Å². The van der Waals surface area contributed by atoms with Crippen molar-refractivity contribution in [2.45, 2.75) is 6.42 Å². The molecule has 0 radical (unpaired) electrons. The Hall–Kier alpha value is -2.76. The molecule has 1 heterocycles. The second-order valence-corrected chi connectivity index (χ2v) is 4.27. The van der Waals surface area contributed by atoms with E-state index in [2.05, 4.69) is 10.3 Å². The normalized spacial score (nSPS) is 10.0. The van der Waals surface area contributed by atoms with Crippen molar-refractivity contribution < 1.29 is 19.4 Å². The van der Waals surface area contributed by atoms with Gasteiger partial charge in [-0.15, -0.1) is 0 Å². The molecular formula is C15H16N2O4. The molecule has 2 aromatic rings. The lowest BCUT2D eigenvalue weighted by Crippen LogP contribution is -2.16. The van der Waals surface area contributed by atoms with Crippen LogP contribution in [0.25, 0.3) is 0 Å². The molecule has 1 amide bonds. The molecule has 110 valence electrons. The van der Waals surface area contributed by atoms with E-state index in [9.17, 15) is 9.90 Å². The summed E-state index contributed by atoms with van der Waals surface area (Å²) >= 11 is 0. The molecule has 0 unspecified atom stereocenters. The second kappa shape index (κ2) is 6.60. The Bertz CT molecular complexity index is 643. The zero-order valence-corrected chi connectivity index (χ0v) is 11.8. The minimum Gasteiger partial charge on any atom is -0.504 e. The first kappa shape index (κ1) is 14.6. The lowest BCUT2D eigenvalue weighted by atomic mass is 10.1. The van der Waals surface area contributed by atoms with Crippen molar-refractivity contribution in [2.75, 3.05) is 19.5 Å². The van der Waals surface area contributed by atoms with Crippen LogP contribution in [0.5, 0.6) is 17.2 Å². The van der Waals surface area contributed by atoms with Gasteiger partial charge in [0, 0.05) is 11.8 Å². The third-order valence-corrected chi connectivity index (χ3v) is 2.88. The Labute approximate surface area is 122 Å². The summed E-state index contributed by atoms with van der Waals surface area (Å²) in [5.41, 5.74) is 0.685. The highest BCUT2D eigenvalue weighted by Crippen LogP contribution is 2.25. The second-order valence-electron chi connectivity index (χ2n) is 4.27. The molecule has 0 aliphatic heterocycles. The van der Waals surface area contributed by atoms with E-state index in [1.165, 1.54) is 19.4 Å². The molecule has 0 aliphatic carbocycles. The van der Waals surface area contributed by atoms with E-state index in [0.29, 0.717) is 17.1 Å². The third kappa shape index (κ3) is 3.62. The number of aromatic hydroxyl groups is 1. The largest absolute Gasteiger partial charge is 0.504 e. The number of aromatic nitrogens is 1. The number of hydrogen-bond acceptors (Lipinski definition) is 5. The summed E-state index contributed by atoms with van der Waals surface area (Å²) in [4.78, 5) is 15.9. The maximum atomic E-state index is 12.0. The van der Waals surface area contributed by atoms with Crippen LogP contribution in [0.4, 0.5) is 5.82 Å². The summed E-state index contributed by atoms with van der Waals surface area (Å²) in [7, 11) is 3.09. The van der Waals surface area contributed by atoms with Gasteiger partial charge in [-0.1, -0.05) is 0 Å². The molecule has 1 aromatic carbocycles. The number of anilines is 1. The van der Waals surface area contributed by atoms with Crippen LogP contribution in [0.2, 0.25) is 0 Å². The van der Waals surface area contributed by atoms with Crippen molar-refractivity contribution in [1.29, 1.82) is 0 Å². The number of nitrogens with one attached hydrogen (secondary N) is 1. The summed E-state index contributed by atoms with van der Waals surface area (Å²) in [6.07, 6.45) is 1.57. The number of hydrogen-bond donors (Lipinski definition) is 2. The molecule has 2 N–H and O–H groups in total. The Kier molecular flexibility index (Phi) is 4.61. The van der Waals surface area contributed by atoms with Gasteiger partial charge >= 0.3 is 0 Å². The van der Waals surface area contributed by atoms with E-state index in [4.69, 9.17) is 9.47 Å². The van der Waals surface area contributed by atoms with Gasteiger partial charge in [0.05, 0.1) is 20.6 Å². The van der Waals surface area contributed by atoms with Crippen molar-refractivity contribution in [1.82, 2.24) is 4.98 Å². The highest BCUT2D eigenvalue weighted by Gasteiger charge is 2.12. The van der Waals surface area contributed by atoms with E-state index in [1.54, 1.807) is 31.4 Å². The maximum Gasteiger partial charge on any atom is 0.230 e. The van der Waals surface area contributed by atoms with Gasteiger partial charge in [-0.3, -0.25) is 4.79 Å². The average Bonchev–Trinajstić information content (AvgIpc) is 2.49. The molecule has 21 heavy (non-hydrogen) atoms. The summed E-state index contributed by atoms with van der Waals surface area (Å²) in [6, 6.07) is 8.26. The molecule has 0 bridgehead atoms. The van der Waals surface area contributed by atoms with Crippen LogP contribution < -0.4 is 14.8 Å². The van der Waals surface area contributed by atoms with Crippen molar-refractivity contribution in [3.63, 3.8) is 0 Å². The lowest BCUT2D eigenvalue weighted by molar-refractivity contribution is -0.115. The molecule has 6 heteroatoms. The van der Waals surface area contributed by atoms with Gasteiger partial charge in [-0.05, 0) is 30.3 Å². The maximum absolute atomic E-state index is 12.0. The standard InChI is InChI=1S/C15H16N2O4/c1-20-11-5-6-13(21-2)10(8-11)9-14(19)17-15-12(18)4-3-7-16-15/h3-8,18H,9H2,1-2H3,(H,16,17,19). The molecular weight excluding hydrogens is 272 g/mol. The molecule has 0 atom stereocenters. The van der Waals surface area contributed by atoms with Gasteiger partial charge in [0.25, 0.3) is 0 Å². The molecule has 1 aromatic heterocycles. The minimum absolute atomic E-state index is 0.0797. The van der Waals surface area contributed by atoms with Gasteiger partial charge in [-0.25, -0.2) is 4.98 Å². The Morgan fingerprint density at radius 1 is 1.29 bits per heavy atom. The highest BCUT2D eigenvalue weighted by molar-refractivity contribution is 5.92. The molecule has 0 fully saturated rings. The fourth-order valence-electron chi connectivity index (χ4n) is 1.86. The van der Waals surface area contributed by atoms with E-state index in [0.717, 1.165) is 0 Å². The molecule has 0 saturated carbocycles. The number of nitrogens with zero attached hydrogens (tertiary/aromatic N) is 1. The van der Waals surface area contributed by atoms with Crippen LogP contribution in [0.3, 0.4) is 0 Å². The summed E-state index contributed by atoms with van der Waals surface area (Å²) in [5, 5.41) is 12.1. The summed E-state index contributed by atoms with van der Waals surface area (Å²) in [6.45, 7) is 0. The third-order valence-electron chi connectivity index (χ3n) is 2.88. The first-order chi connectivity index (χ1) is 10.1. The Morgan fingerprint density at radius 2 is 2.10 bits per heavy atom. The van der Waals surface area contributed by atoms with Gasteiger partial charge in [0.2, 0.25) is 5.91 Å². The summed E-state index contributed by atoms with van der Waals surface area (Å²) in [5.74, 6) is 0.971. The van der Waals surface area contributed by atoms with Gasteiger partial charge in [-0.2, -0.15) is 0 Å². The SMILES string of the molecule is COc1ccc(OC)c(CC(=O)Nc2ncccc2O)c1. The van der Waals surface area contributed by atoms with Gasteiger partial charge in [0.15, 0.2) is 11.6 Å². The molecule has 0 aliphatic rings. The number of ether oxygens (including phenoxy) is 2. The molecule has 0 saturated heterocycles. The first-order valence-electron chi connectivity index (χ1n) is 6.28. The Balaban J connectivity index is 2.14. The van der Waals surface area contributed by atoms with Crippen LogP contribution in [-0.4, -0.2) is 30.2 Å². The number of carbonyl (C=O) groups excluding carboxylic acids is 1. The fourth-order valence-corrected chi connectivity index (χ4v) is 1.86. The van der Waals surface area contributed by atoms with Crippen LogP contribution in [-0.2, 0) is 11.2 Å². The topological polar surface area (TPSA) is 80.7 Å². The van der Waals surface area contributed by atoms with Crippen molar-refractivity contribution >= 4 is 11.7 Å². The number of amides is 1. The van der Waals surface area contributed by atoms with Gasteiger partial charge < -0.3 is 19.9 Å². The monoisotopic (exact) mass is 288 g/mol. The highest BCUT2D eigenvalue weighted by atomic mass is 16.5. The summed E-state index contributed by atoms with van der Waals surface area (Å²) < 4.78 is 10.4. The predicted octanol–water partition coefficient (Wildman–Crippen LogP) is 1.99. The smallest absolute Gasteiger partial charge is 0.230 e. The molecule has 0 spiro atoms. The number of benzene rings is 1. The number of methoxy groups -OCH3 is 2. The van der Waals surface area contributed by atoms with Crippen LogP contribution in [0.1, 0.15) is 5.56 Å². The van der Waals surface area contributed by atoms with Crippen LogP contribution in [0.15, 0.2) is 36.5 Å². The van der Waals surface area contributed by atoms with Crippen LogP contribution >= 0.6 is 0 Å². The molecule has 6 nitrogen and oxygen atoms in total. The number of rotatable bonds is 5. The number of pyridine rings is 1. The molecule has 2 rings (SSSR count). The zero-order valence-electron chi connectivity index (χ0n) is 11.8. The van der Waals surface area contributed by atoms with E-state index < -0.39 is 0 Å². The van der Waals surface area contributed by atoms with E-state index >= 15 is 0 Å². The minimum atomic E-state index is -0.310. The first-order valence-corrected chi connectivity index (χ1v) is 6.28. The lowest BCUT2D eigenvalue weighted by Gasteiger charge is -2.11.